The highest BCUT2D eigenvalue weighted by Gasteiger charge is 2.14. The van der Waals surface area contributed by atoms with Gasteiger partial charge >= 0.3 is 0 Å². The van der Waals surface area contributed by atoms with Crippen molar-refractivity contribution in [3.63, 3.8) is 0 Å². The van der Waals surface area contributed by atoms with Crippen LogP contribution in [0.3, 0.4) is 0 Å². The van der Waals surface area contributed by atoms with Crippen LogP contribution in [-0.4, -0.2) is 59.3 Å². The smallest absolute Gasteiger partial charge is 0.0916 e. The minimum Gasteiger partial charge on any atom is -0.387 e. The Labute approximate surface area is 164 Å². The molecule has 0 radical (unpaired) electrons. The largest absolute Gasteiger partial charge is 0.387 e. The van der Waals surface area contributed by atoms with Gasteiger partial charge < -0.3 is 20.0 Å². The van der Waals surface area contributed by atoms with E-state index in [1.807, 2.05) is 60.7 Å². The summed E-state index contributed by atoms with van der Waals surface area (Å²) in [5.41, 5.74) is 1.94. The Morgan fingerprint density at radius 1 is 0.667 bits per heavy atom. The van der Waals surface area contributed by atoms with Crippen molar-refractivity contribution in [1.82, 2.24) is 9.80 Å². The molecule has 0 aliphatic carbocycles. The van der Waals surface area contributed by atoms with Crippen molar-refractivity contribution in [1.29, 1.82) is 0 Å². The molecule has 2 aromatic carbocycles. The zero-order chi connectivity index (χ0) is 19.5. The number of aliphatic hydroxyl groups is 2. The van der Waals surface area contributed by atoms with Crippen LogP contribution in [0.5, 0.6) is 0 Å². The monoisotopic (exact) mass is 370 g/mol. The van der Waals surface area contributed by atoms with Crippen molar-refractivity contribution in [2.75, 3.05) is 39.3 Å². The van der Waals surface area contributed by atoms with Gasteiger partial charge in [-0.3, -0.25) is 0 Å². The van der Waals surface area contributed by atoms with Crippen LogP contribution in [0, 0.1) is 0 Å². The molecule has 0 aliphatic heterocycles. The second kappa shape index (κ2) is 11.9. The topological polar surface area (TPSA) is 46.9 Å². The van der Waals surface area contributed by atoms with Crippen molar-refractivity contribution in [3.05, 3.63) is 71.8 Å². The van der Waals surface area contributed by atoms with Crippen LogP contribution in [0.4, 0.5) is 0 Å². The van der Waals surface area contributed by atoms with E-state index < -0.39 is 12.2 Å². The number of nitrogens with zero attached hydrogens (tertiary/aromatic N) is 2. The van der Waals surface area contributed by atoms with Gasteiger partial charge in [0.2, 0.25) is 0 Å². The third-order valence-electron chi connectivity index (χ3n) is 5.07. The molecule has 27 heavy (non-hydrogen) atoms. The lowest BCUT2D eigenvalue weighted by molar-refractivity contribution is 0.101. The summed E-state index contributed by atoms with van der Waals surface area (Å²) in [6.07, 6.45) is 0.117. The van der Waals surface area contributed by atoms with E-state index in [-0.39, 0.29) is 0 Å². The lowest BCUT2D eigenvalue weighted by Gasteiger charge is -2.27. The van der Waals surface area contributed by atoms with Gasteiger partial charge in [0.15, 0.2) is 0 Å². The molecule has 2 N–H and O–H groups in total. The molecule has 0 spiro atoms. The maximum absolute atomic E-state index is 10.4. The molecule has 4 nitrogen and oxygen atoms in total. The molecular weight excluding hydrogens is 336 g/mol. The van der Waals surface area contributed by atoms with E-state index in [0.717, 1.165) is 43.7 Å². The summed E-state index contributed by atoms with van der Waals surface area (Å²) in [7, 11) is 0. The van der Waals surface area contributed by atoms with Gasteiger partial charge in [-0.2, -0.15) is 0 Å². The van der Waals surface area contributed by atoms with Gasteiger partial charge in [0, 0.05) is 13.1 Å². The second-order valence-corrected chi connectivity index (χ2v) is 6.99. The molecule has 0 saturated heterocycles. The zero-order valence-corrected chi connectivity index (χ0v) is 16.7. The summed E-state index contributed by atoms with van der Waals surface area (Å²) >= 11 is 0. The van der Waals surface area contributed by atoms with Crippen LogP contribution < -0.4 is 0 Å². The SMILES string of the molecule is CCN(CCCN(CC)CC(O)c1ccccc1)CC(O)c1ccccc1. The van der Waals surface area contributed by atoms with Crippen molar-refractivity contribution < 1.29 is 10.2 Å². The van der Waals surface area contributed by atoms with Crippen molar-refractivity contribution >= 4 is 0 Å². The Morgan fingerprint density at radius 2 is 1.04 bits per heavy atom. The number of aliphatic hydroxyl groups excluding tert-OH is 2. The molecule has 0 heterocycles. The standard InChI is InChI=1S/C23H34N2O2/c1-3-24(18-22(26)20-12-7-5-8-13-20)16-11-17-25(4-2)19-23(27)21-14-9-6-10-15-21/h5-10,12-15,22-23,26-27H,3-4,11,16-19H2,1-2H3. The van der Waals surface area contributed by atoms with Crippen LogP contribution in [-0.2, 0) is 0 Å². The average molecular weight is 371 g/mol. The Morgan fingerprint density at radius 3 is 1.37 bits per heavy atom. The van der Waals surface area contributed by atoms with Gasteiger partial charge in [0.1, 0.15) is 0 Å². The normalized spacial score (nSPS) is 13.9. The molecule has 0 aromatic heterocycles. The molecule has 0 saturated carbocycles. The number of benzene rings is 2. The summed E-state index contributed by atoms with van der Waals surface area (Å²) in [6, 6.07) is 19.7. The fourth-order valence-corrected chi connectivity index (χ4v) is 3.33. The van der Waals surface area contributed by atoms with Crippen LogP contribution in [0.2, 0.25) is 0 Å². The van der Waals surface area contributed by atoms with E-state index in [2.05, 4.69) is 23.6 Å². The fraction of sp³-hybridized carbons (Fsp3) is 0.478. The van der Waals surface area contributed by atoms with Crippen LogP contribution in [0.25, 0.3) is 0 Å². The van der Waals surface area contributed by atoms with E-state index in [1.54, 1.807) is 0 Å². The third-order valence-corrected chi connectivity index (χ3v) is 5.07. The number of rotatable bonds is 12. The first-order valence-corrected chi connectivity index (χ1v) is 10.0. The van der Waals surface area contributed by atoms with Crippen LogP contribution >= 0.6 is 0 Å². The summed E-state index contributed by atoms with van der Waals surface area (Å²) in [4.78, 5) is 4.58. The lowest BCUT2D eigenvalue weighted by Crippen LogP contribution is -2.34. The van der Waals surface area contributed by atoms with E-state index in [9.17, 15) is 10.2 Å². The predicted octanol–water partition coefficient (Wildman–Crippen LogP) is 3.49. The van der Waals surface area contributed by atoms with E-state index >= 15 is 0 Å². The Kier molecular flexibility index (Phi) is 9.50. The van der Waals surface area contributed by atoms with Crippen molar-refractivity contribution in [2.45, 2.75) is 32.5 Å². The van der Waals surface area contributed by atoms with Gasteiger partial charge in [0.05, 0.1) is 12.2 Å². The molecule has 2 rings (SSSR count). The van der Waals surface area contributed by atoms with Gasteiger partial charge in [0.25, 0.3) is 0 Å². The first-order valence-electron chi connectivity index (χ1n) is 10.0. The molecule has 2 unspecified atom stereocenters. The highest BCUT2D eigenvalue weighted by molar-refractivity contribution is 5.18. The summed E-state index contributed by atoms with van der Waals surface area (Å²) in [6.45, 7) is 9.30. The fourth-order valence-electron chi connectivity index (χ4n) is 3.33. The predicted molar refractivity (Wildman–Crippen MR) is 112 cm³/mol. The van der Waals surface area contributed by atoms with Crippen LogP contribution in [0.15, 0.2) is 60.7 Å². The highest BCUT2D eigenvalue weighted by atomic mass is 16.3. The molecule has 0 bridgehead atoms. The third kappa shape index (κ3) is 7.43. The summed E-state index contributed by atoms with van der Waals surface area (Å²) in [5, 5.41) is 20.9. The Hall–Kier alpha value is -1.72. The van der Waals surface area contributed by atoms with E-state index in [1.165, 1.54) is 0 Å². The minimum absolute atomic E-state index is 0.451. The van der Waals surface area contributed by atoms with E-state index in [0.29, 0.717) is 13.1 Å². The van der Waals surface area contributed by atoms with E-state index in [4.69, 9.17) is 0 Å². The second-order valence-electron chi connectivity index (χ2n) is 6.99. The van der Waals surface area contributed by atoms with Crippen molar-refractivity contribution in [3.8, 4) is 0 Å². The van der Waals surface area contributed by atoms with Gasteiger partial charge in [-0.15, -0.1) is 0 Å². The molecule has 0 amide bonds. The Balaban J connectivity index is 1.76. The molecule has 4 heteroatoms. The molecule has 0 fully saturated rings. The number of hydrogen-bond acceptors (Lipinski definition) is 4. The van der Waals surface area contributed by atoms with Crippen LogP contribution in [0.1, 0.15) is 43.6 Å². The molecule has 2 atom stereocenters. The molecule has 148 valence electrons. The molecular formula is C23H34N2O2. The molecule has 0 aliphatic rings. The maximum Gasteiger partial charge on any atom is 0.0916 e. The average Bonchev–Trinajstić information content (AvgIpc) is 2.73. The summed E-state index contributed by atoms with van der Waals surface area (Å²) < 4.78 is 0. The quantitative estimate of drug-likeness (QED) is 0.600. The van der Waals surface area contributed by atoms with Gasteiger partial charge in [-0.25, -0.2) is 0 Å². The first kappa shape index (κ1) is 21.6. The lowest BCUT2D eigenvalue weighted by atomic mass is 10.1. The Bertz CT molecular complexity index is 565. The zero-order valence-electron chi connectivity index (χ0n) is 16.7. The number of likely N-dealkylation sites (N-methyl/N-ethyl adjacent to an activating group) is 2. The maximum atomic E-state index is 10.4. The number of hydrogen-bond donors (Lipinski definition) is 2. The van der Waals surface area contributed by atoms with Gasteiger partial charge in [-0.05, 0) is 43.7 Å². The van der Waals surface area contributed by atoms with Gasteiger partial charge in [-0.1, -0.05) is 74.5 Å². The molecule has 2 aromatic rings. The first-order chi connectivity index (χ1) is 13.1. The highest BCUT2D eigenvalue weighted by Crippen LogP contribution is 2.15. The minimum atomic E-state index is -0.451. The van der Waals surface area contributed by atoms with Crippen molar-refractivity contribution in [2.24, 2.45) is 0 Å². The summed E-state index contributed by atoms with van der Waals surface area (Å²) in [5.74, 6) is 0.